The van der Waals surface area contributed by atoms with Crippen molar-refractivity contribution in [3.05, 3.63) is 29.3 Å². The Hall–Kier alpha value is -1.45. The molecule has 0 amide bonds. The van der Waals surface area contributed by atoms with E-state index >= 15 is 0 Å². The lowest BCUT2D eigenvalue weighted by Gasteiger charge is -2.36. The lowest BCUT2D eigenvalue weighted by atomic mass is 9.91. The highest BCUT2D eigenvalue weighted by molar-refractivity contribution is 5.76. The van der Waals surface area contributed by atoms with Crippen molar-refractivity contribution >= 4 is 12.0 Å². The molecule has 0 N–H and O–H groups in total. The van der Waals surface area contributed by atoms with E-state index in [-0.39, 0.29) is 17.3 Å². The second-order valence-electron chi connectivity index (χ2n) is 4.15. The molecule has 0 atom stereocenters. The summed E-state index contributed by atoms with van der Waals surface area (Å²) in [5.74, 6) is -1.34. The molecule has 16 heavy (non-hydrogen) atoms. The molecule has 0 aromatic heterocycles. The molecule has 1 saturated carbocycles. The van der Waals surface area contributed by atoms with E-state index in [0.717, 1.165) is 31.4 Å². The van der Waals surface area contributed by atoms with Gasteiger partial charge in [0, 0.05) is 18.7 Å². The second kappa shape index (κ2) is 4.20. The molecule has 0 spiro atoms. The molecule has 0 heterocycles. The first-order valence-corrected chi connectivity index (χ1v) is 5.30. The molecular formula is C12H13F2NO. The fraction of sp³-hybridized carbons (Fsp3) is 0.417. The summed E-state index contributed by atoms with van der Waals surface area (Å²) < 4.78 is 27.3. The smallest absolute Gasteiger partial charge is 0.150 e. The molecule has 86 valence electrons. The van der Waals surface area contributed by atoms with Gasteiger partial charge in [-0.25, -0.2) is 8.78 Å². The highest BCUT2D eigenvalue weighted by Gasteiger charge is 2.26. The van der Waals surface area contributed by atoms with Crippen LogP contribution >= 0.6 is 0 Å². The van der Waals surface area contributed by atoms with Crippen molar-refractivity contribution in [1.82, 2.24) is 0 Å². The number of anilines is 1. The molecule has 1 aromatic rings. The van der Waals surface area contributed by atoms with Crippen molar-refractivity contribution in [3.8, 4) is 0 Å². The van der Waals surface area contributed by atoms with Crippen LogP contribution in [0.2, 0.25) is 0 Å². The van der Waals surface area contributed by atoms with Crippen LogP contribution in [0.3, 0.4) is 0 Å². The third-order valence-electron chi connectivity index (χ3n) is 3.15. The number of halogens is 2. The van der Waals surface area contributed by atoms with Gasteiger partial charge in [-0.3, -0.25) is 4.79 Å². The standard InChI is InChI=1S/C12H13F2NO/c1-15(9-3-2-4-9)12-10(13)5-8(7-16)6-11(12)14/h5-7,9H,2-4H2,1H3. The fourth-order valence-corrected chi connectivity index (χ4v) is 1.95. The molecular weight excluding hydrogens is 212 g/mol. The van der Waals surface area contributed by atoms with E-state index in [1.807, 2.05) is 0 Å². The third-order valence-corrected chi connectivity index (χ3v) is 3.15. The summed E-state index contributed by atoms with van der Waals surface area (Å²) in [6.07, 6.45) is 3.47. The maximum Gasteiger partial charge on any atom is 0.150 e. The second-order valence-corrected chi connectivity index (χ2v) is 4.15. The molecule has 1 aliphatic rings. The highest BCUT2D eigenvalue weighted by Crippen LogP contribution is 2.31. The van der Waals surface area contributed by atoms with Gasteiger partial charge >= 0.3 is 0 Å². The van der Waals surface area contributed by atoms with E-state index in [0.29, 0.717) is 6.29 Å². The van der Waals surface area contributed by atoms with E-state index in [1.54, 1.807) is 11.9 Å². The minimum Gasteiger partial charge on any atom is -0.367 e. The zero-order chi connectivity index (χ0) is 11.7. The summed E-state index contributed by atoms with van der Waals surface area (Å²) in [6, 6.07) is 2.35. The van der Waals surface area contributed by atoms with Crippen LogP contribution in [0, 0.1) is 11.6 Å². The van der Waals surface area contributed by atoms with E-state index in [9.17, 15) is 13.6 Å². The lowest BCUT2D eigenvalue weighted by Crippen LogP contribution is -2.38. The molecule has 2 rings (SSSR count). The first-order chi connectivity index (χ1) is 7.63. The molecule has 2 nitrogen and oxygen atoms in total. The van der Waals surface area contributed by atoms with E-state index < -0.39 is 11.6 Å². The number of aldehydes is 1. The van der Waals surface area contributed by atoms with Gasteiger partial charge in [-0.15, -0.1) is 0 Å². The van der Waals surface area contributed by atoms with Crippen molar-refractivity contribution in [2.75, 3.05) is 11.9 Å². The predicted molar refractivity (Wildman–Crippen MR) is 57.8 cm³/mol. The average molecular weight is 225 g/mol. The van der Waals surface area contributed by atoms with Crippen molar-refractivity contribution in [2.45, 2.75) is 25.3 Å². The van der Waals surface area contributed by atoms with Gasteiger partial charge in [0.05, 0.1) is 0 Å². The molecule has 1 aromatic carbocycles. The summed E-state index contributed by atoms with van der Waals surface area (Å²) in [4.78, 5) is 12.1. The Balaban J connectivity index is 2.35. The number of benzene rings is 1. The van der Waals surface area contributed by atoms with Gasteiger partial charge in [-0.2, -0.15) is 0 Å². The predicted octanol–water partition coefficient (Wildman–Crippen LogP) is 2.77. The van der Waals surface area contributed by atoms with E-state index in [1.165, 1.54) is 0 Å². The minimum atomic E-state index is -0.670. The van der Waals surface area contributed by atoms with Crippen molar-refractivity contribution in [3.63, 3.8) is 0 Å². The largest absolute Gasteiger partial charge is 0.367 e. The molecule has 1 fully saturated rings. The Morgan fingerprint density at radius 3 is 2.25 bits per heavy atom. The number of hydrogen-bond acceptors (Lipinski definition) is 2. The lowest BCUT2D eigenvalue weighted by molar-refractivity contribution is 0.112. The van der Waals surface area contributed by atoms with Crippen LogP contribution in [-0.4, -0.2) is 19.4 Å². The van der Waals surface area contributed by atoms with Gasteiger partial charge in [-0.05, 0) is 31.4 Å². The summed E-state index contributed by atoms with van der Waals surface area (Å²) >= 11 is 0. The van der Waals surface area contributed by atoms with Crippen LogP contribution < -0.4 is 4.90 Å². The first-order valence-electron chi connectivity index (χ1n) is 5.30. The van der Waals surface area contributed by atoms with Crippen molar-refractivity contribution < 1.29 is 13.6 Å². The molecule has 1 aliphatic carbocycles. The summed E-state index contributed by atoms with van der Waals surface area (Å²) in [5, 5.41) is 0. The molecule has 0 unspecified atom stereocenters. The Bertz CT molecular complexity index is 392. The third kappa shape index (κ3) is 1.79. The Kier molecular flexibility index (Phi) is 2.90. The van der Waals surface area contributed by atoms with Crippen LogP contribution in [0.15, 0.2) is 12.1 Å². The minimum absolute atomic E-state index is 0.0285. The summed E-state index contributed by atoms with van der Waals surface area (Å²) in [5.41, 5.74) is -0.00365. The van der Waals surface area contributed by atoms with Gasteiger partial charge in [0.25, 0.3) is 0 Å². The molecule has 0 aliphatic heterocycles. The first kappa shape index (κ1) is 11.0. The SMILES string of the molecule is CN(c1c(F)cc(C=O)cc1F)C1CCC1. The average Bonchev–Trinajstić information content (AvgIpc) is 2.13. The van der Waals surface area contributed by atoms with E-state index in [2.05, 4.69) is 0 Å². The maximum absolute atomic E-state index is 13.6. The molecule has 0 bridgehead atoms. The van der Waals surface area contributed by atoms with Crippen LogP contribution in [0.1, 0.15) is 29.6 Å². The fourth-order valence-electron chi connectivity index (χ4n) is 1.95. The summed E-state index contributed by atoms with van der Waals surface area (Å²) in [6.45, 7) is 0. The van der Waals surface area contributed by atoms with Crippen molar-refractivity contribution in [2.24, 2.45) is 0 Å². The monoisotopic (exact) mass is 225 g/mol. The maximum atomic E-state index is 13.6. The number of nitrogens with zero attached hydrogens (tertiary/aromatic N) is 1. The topological polar surface area (TPSA) is 20.3 Å². The number of rotatable bonds is 3. The summed E-state index contributed by atoms with van der Waals surface area (Å²) in [7, 11) is 1.69. The highest BCUT2D eigenvalue weighted by atomic mass is 19.1. The molecule has 0 radical (unpaired) electrons. The van der Waals surface area contributed by atoms with Crippen LogP contribution in [-0.2, 0) is 0 Å². The Morgan fingerprint density at radius 1 is 1.31 bits per heavy atom. The quantitative estimate of drug-likeness (QED) is 0.737. The number of carbonyl (C=O) groups is 1. The van der Waals surface area contributed by atoms with Gasteiger partial charge < -0.3 is 4.90 Å². The Labute approximate surface area is 92.9 Å². The van der Waals surface area contributed by atoms with Gasteiger partial charge in [-0.1, -0.05) is 0 Å². The van der Waals surface area contributed by atoms with Crippen LogP contribution in [0.5, 0.6) is 0 Å². The van der Waals surface area contributed by atoms with Crippen LogP contribution in [0.25, 0.3) is 0 Å². The normalized spacial score (nSPS) is 15.7. The number of carbonyl (C=O) groups excluding carboxylic acids is 1. The van der Waals surface area contributed by atoms with Gasteiger partial charge in [0.1, 0.15) is 23.6 Å². The zero-order valence-corrected chi connectivity index (χ0v) is 9.04. The van der Waals surface area contributed by atoms with Crippen LogP contribution in [0.4, 0.5) is 14.5 Å². The van der Waals surface area contributed by atoms with E-state index in [4.69, 9.17) is 0 Å². The Morgan fingerprint density at radius 2 is 1.88 bits per heavy atom. The van der Waals surface area contributed by atoms with Gasteiger partial charge in [0.2, 0.25) is 0 Å². The zero-order valence-electron chi connectivity index (χ0n) is 9.04. The molecule has 0 saturated heterocycles. The van der Waals surface area contributed by atoms with Crippen molar-refractivity contribution in [1.29, 1.82) is 0 Å². The van der Waals surface area contributed by atoms with Gasteiger partial charge in [0.15, 0.2) is 0 Å². The number of hydrogen-bond donors (Lipinski definition) is 0. The molecule has 4 heteroatoms.